The molecule has 5 rings (SSSR count). The van der Waals surface area contributed by atoms with Crippen LogP contribution in [0.5, 0.6) is 5.88 Å². The molecule has 32 heavy (non-hydrogen) atoms. The molecular weight excluding hydrogens is 444 g/mol. The minimum atomic E-state index is -3.86. The van der Waals surface area contributed by atoms with Crippen LogP contribution >= 0.6 is 0 Å². The molecule has 4 N–H and O–H groups in total. The van der Waals surface area contributed by atoms with Crippen LogP contribution in [0.1, 0.15) is 39.2 Å². The van der Waals surface area contributed by atoms with E-state index in [9.17, 15) is 17.8 Å². The van der Waals surface area contributed by atoms with Gasteiger partial charge in [0, 0.05) is 25.6 Å². The SMILES string of the molecule is COC1COc2c(S(=N)(N)=O)c(C(=O)Nc3c4c(c(F)c5c3C[C@H](F)C5)CCC4)nn2C1. The Morgan fingerprint density at radius 2 is 2.03 bits per heavy atom. The van der Waals surface area contributed by atoms with Gasteiger partial charge in [0.25, 0.3) is 5.91 Å². The number of aromatic nitrogens is 2. The van der Waals surface area contributed by atoms with Crippen molar-refractivity contribution in [3.05, 3.63) is 33.8 Å². The van der Waals surface area contributed by atoms with Crippen LogP contribution in [0.15, 0.2) is 4.90 Å². The second-order valence-corrected chi connectivity index (χ2v) is 9.96. The van der Waals surface area contributed by atoms with Crippen molar-refractivity contribution in [3.63, 3.8) is 0 Å². The molecule has 1 aliphatic heterocycles. The van der Waals surface area contributed by atoms with Crippen LogP contribution < -0.4 is 15.2 Å². The third-order valence-electron chi connectivity index (χ3n) is 6.30. The number of fused-ring (bicyclic) bond motifs is 3. The molecule has 0 radical (unpaired) electrons. The highest BCUT2D eigenvalue weighted by atomic mass is 32.2. The number of alkyl halides is 1. The van der Waals surface area contributed by atoms with Crippen molar-refractivity contribution in [1.82, 2.24) is 9.78 Å². The van der Waals surface area contributed by atoms with E-state index in [0.29, 0.717) is 40.8 Å². The first kappa shape index (κ1) is 21.3. The van der Waals surface area contributed by atoms with Gasteiger partial charge in [0.1, 0.15) is 34.6 Å². The first-order valence-corrected chi connectivity index (χ1v) is 11.9. The molecule has 1 aromatic heterocycles. The lowest BCUT2D eigenvalue weighted by molar-refractivity contribution is 0.0165. The van der Waals surface area contributed by atoms with Crippen molar-refractivity contribution in [1.29, 1.82) is 4.78 Å². The maximum absolute atomic E-state index is 14.9. The number of hydrogen-bond acceptors (Lipinski definition) is 6. The van der Waals surface area contributed by atoms with E-state index < -0.39 is 22.0 Å². The summed E-state index contributed by atoms with van der Waals surface area (Å²) < 4.78 is 61.6. The third kappa shape index (κ3) is 3.28. The highest BCUT2D eigenvalue weighted by molar-refractivity contribution is 7.90. The zero-order chi connectivity index (χ0) is 22.8. The number of carbonyl (C=O) groups is 1. The molecule has 3 aliphatic rings. The first-order chi connectivity index (χ1) is 15.2. The van der Waals surface area contributed by atoms with Gasteiger partial charge in [0.05, 0.1) is 6.54 Å². The molecule has 0 saturated heterocycles. The summed E-state index contributed by atoms with van der Waals surface area (Å²) in [6, 6.07) is 0. The Labute approximate surface area is 183 Å². The van der Waals surface area contributed by atoms with Gasteiger partial charge in [-0.3, -0.25) is 4.79 Å². The van der Waals surface area contributed by atoms with Crippen LogP contribution in [-0.2, 0) is 46.9 Å². The van der Waals surface area contributed by atoms with E-state index in [1.54, 1.807) is 0 Å². The molecule has 3 atom stereocenters. The smallest absolute Gasteiger partial charge is 0.277 e. The highest BCUT2D eigenvalue weighted by Gasteiger charge is 2.37. The number of nitrogens with two attached hydrogens (primary N) is 1. The lowest BCUT2D eigenvalue weighted by atomic mass is 9.97. The monoisotopic (exact) mass is 467 g/mol. The van der Waals surface area contributed by atoms with Gasteiger partial charge in [-0.05, 0) is 41.5 Å². The van der Waals surface area contributed by atoms with Crippen LogP contribution in [0.4, 0.5) is 14.5 Å². The molecule has 2 heterocycles. The number of methoxy groups -OCH3 is 1. The Morgan fingerprint density at radius 1 is 1.31 bits per heavy atom. The predicted octanol–water partition coefficient (Wildman–Crippen LogP) is 1.89. The number of amides is 1. The zero-order valence-corrected chi connectivity index (χ0v) is 18.2. The van der Waals surface area contributed by atoms with Crippen molar-refractivity contribution in [3.8, 4) is 5.88 Å². The lowest BCUT2D eigenvalue weighted by Gasteiger charge is -2.23. The van der Waals surface area contributed by atoms with Crippen LogP contribution in [-0.4, -0.2) is 45.9 Å². The number of ether oxygens (including phenoxy) is 2. The summed E-state index contributed by atoms with van der Waals surface area (Å²) in [6.07, 6.45) is 0.233. The Kier molecular flexibility index (Phi) is 4.98. The van der Waals surface area contributed by atoms with E-state index in [0.717, 1.165) is 6.42 Å². The summed E-state index contributed by atoms with van der Waals surface area (Å²) in [7, 11) is -2.36. The zero-order valence-electron chi connectivity index (χ0n) is 17.4. The molecule has 0 spiro atoms. The first-order valence-electron chi connectivity index (χ1n) is 10.3. The fraction of sp³-hybridized carbons (Fsp3) is 0.500. The average molecular weight is 467 g/mol. The largest absolute Gasteiger partial charge is 0.474 e. The topological polar surface area (TPSA) is 132 Å². The summed E-state index contributed by atoms with van der Waals surface area (Å²) in [4.78, 5) is 13.0. The van der Waals surface area contributed by atoms with Gasteiger partial charge in [0.2, 0.25) is 5.88 Å². The Bertz CT molecular complexity index is 1240. The minimum Gasteiger partial charge on any atom is -0.474 e. The summed E-state index contributed by atoms with van der Waals surface area (Å²) >= 11 is 0. The van der Waals surface area contributed by atoms with Gasteiger partial charge in [0.15, 0.2) is 10.6 Å². The summed E-state index contributed by atoms with van der Waals surface area (Å²) in [6.45, 7) is 0.356. The number of halogens is 2. The fourth-order valence-electron chi connectivity index (χ4n) is 4.86. The number of nitrogens with zero attached hydrogens (tertiary/aromatic N) is 2. The van der Waals surface area contributed by atoms with Crippen molar-refractivity contribution < 1.29 is 27.3 Å². The van der Waals surface area contributed by atoms with E-state index in [1.807, 2.05) is 0 Å². The number of benzene rings is 1. The van der Waals surface area contributed by atoms with Crippen molar-refractivity contribution in [2.45, 2.75) is 55.8 Å². The minimum absolute atomic E-state index is 0.00635. The van der Waals surface area contributed by atoms with Crippen LogP contribution in [0.3, 0.4) is 0 Å². The Morgan fingerprint density at radius 3 is 2.75 bits per heavy atom. The summed E-state index contributed by atoms with van der Waals surface area (Å²) in [5, 5.41) is 12.6. The lowest BCUT2D eigenvalue weighted by Crippen LogP contribution is -2.32. The van der Waals surface area contributed by atoms with E-state index in [1.165, 1.54) is 11.8 Å². The number of anilines is 1. The molecule has 2 aliphatic carbocycles. The molecular formula is C20H23F2N5O4S. The van der Waals surface area contributed by atoms with Gasteiger partial charge >= 0.3 is 0 Å². The van der Waals surface area contributed by atoms with Crippen molar-refractivity contribution in [2.75, 3.05) is 19.0 Å². The Balaban J connectivity index is 1.59. The third-order valence-corrected chi connectivity index (χ3v) is 7.28. The van der Waals surface area contributed by atoms with Crippen LogP contribution in [0, 0.1) is 10.6 Å². The molecule has 1 amide bonds. The van der Waals surface area contributed by atoms with Crippen molar-refractivity contribution in [2.24, 2.45) is 5.14 Å². The summed E-state index contributed by atoms with van der Waals surface area (Å²) in [5.41, 5.74) is 1.99. The van der Waals surface area contributed by atoms with Gasteiger partial charge < -0.3 is 14.8 Å². The van der Waals surface area contributed by atoms with E-state index >= 15 is 0 Å². The fourth-order valence-corrected chi connectivity index (χ4v) is 5.71. The number of nitrogens with one attached hydrogen (secondary N) is 2. The van der Waals surface area contributed by atoms with Crippen molar-refractivity contribution >= 4 is 21.5 Å². The van der Waals surface area contributed by atoms with E-state index in [4.69, 9.17) is 19.4 Å². The average Bonchev–Trinajstić information content (AvgIpc) is 3.45. The predicted molar refractivity (Wildman–Crippen MR) is 111 cm³/mol. The van der Waals surface area contributed by atoms with Gasteiger partial charge in [-0.2, -0.15) is 5.10 Å². The number of rotatable bonds is 4. The number of carbonyl (C=O) groups excluding carboxylic acids is 1. The van der Waals surface area contributed by atoms with Gasteiger partial charge in [-0.15, -0.1) is 0 Å². The highest BCUT2D eigenvalue weighted by Crippen LogP contribution is 2.42. The maximum Gasteiger partial charge on any atom is 0.277 e. The van der Waals surface area contributed by atoms with E-state index in [2.05, 4.69) is 10.4 Å². The molecule has 0 fully saturated rings. The molecule has 0 saturated carbocycles. The molecule has 9 nitrogen and oxygen atoms in total. The molecule has 1 aromatic carbocycles. The second-order valence-electron chi connectivity index (χ2n) is 8.35. The van der Waals surface area contributed by atoms with E-state index in [-0.39, 0.29) is 54.4 Å². The standard InChI is InChI=1S/C20H23F2N5O4S/c1-30-10-7-27-20(31-8-10)18(32(23,24)29)17(26-27)19(28)25-16-12-4-2-3-11(12)15(22)13-5-9(21)6-14(13)16/h9-10H,2-8H2,1H3,(H,25,28)(H3,23,24,29)/t9-,10?/m1/s1. The van der Waals surface area contributed by atoms with Gasteiger partial charge in [-0.25, -0.2) is 27.6 Å². The molecule has 172 valence electrons. The van der Waals surface area contributed by atoms with Gasteiger partial charge in [-0.1, -0.05) is 0 Å². The summed E-state index contributed by atoms with van der Waals surface area (Å²) in [5.74, 6) is -1.14. The Hall–Kier alpha value is -2.57. The van der Waals surface area contributed by atoms with Crippen LogP contribution in [0.2, 0.25) is 0 Å². The quantitative estimate of drug-likeness (QED) is 0.632. The number of hydrogen-bond donors (Lipinski definition) is 3. The molecule has 2 aromatic rings. The molecule has 2 unspecified atom stereocenters. The maximum atomic E-state index is 14.9. The molecule has 12 heteroatoms. The van der Waals surface area contributed by atoms with Crippen LogP contribution in [0.25, 0.3) is 0 Å². The normalized spacial score (nSPS) is 23.1. The second kappa shape index (κ2) is 7.49. The molecule has 0 bridgehead atoms.